The highest BCUT2D eigenvalue weighted by Gasteiger charge is 2.49. The summed E-state index contributed by atoms with van der Waals surface area (Å²) in [4.78, 5) is 34.4. The number of nitrogens with one attached hydrogen (secondary N) is 1. The smallest absolute Gasteiger partial charge is 0.376 e. The lowest BCUT2D eigenvalue weighted by atomic mass is 10.1. The molecule has 2 aliphatic heterocycles. The minimum Gasteiger partial charge on any atom is -0.376 e. The quantitative estimate of drug-likeness (QED) is 0.676. The number of Topliss-reactive ketones (excluding diaryl/α,β-unsaturated/α-hetero) is 1. The number of alkyl halides is 3. The van der Waals surface area contributed by atoms with Crippen LogP contribution >= 0.6 is 0 Å². The SMILES string of the molecule is O=C(CN1c2nc(NC[C@H]3OC[C@@H]4CC43)cc(=O)n2CC[C@H]1C(F)(F)F)c1ccncc1. The van der Waals surface area contributed by atoms with E-state index in [-0.39, 0.29) is 36.4 Å². The van der Waals surface area contributed by atoms with Crippen LogP contribution in [0.2, 0.25) is 0 Å². The van der Waals surface area contributed by atoms with E-state index in [0.29, 0.717) is 18.4 Å². The normalized spacial score (nSPS) is 26.4. The van der Waals surface area contributed by atoms with Gasteiger partial charge >= 0.3 is 6.18 Å². The molecule has 170 valence electrons. The molecule has 0 radical (unpaired) electrons. The van der Waals surface area contributed by atoms with E-state index in [1.807, 2.05) is 0 Å². The molecule has 1 N–H and O–H groups in total. The first kappa shape index (κ1) is 20.9. The van der Waals surface area contributed by atoms with Gasteiger partial charge in [-0.05, 0) is 36.8 Å². The molecule has 1 saturated heterocycles. The second kappa shape index (κ2) is 7.88. The fourth-order valence-electron chi connectivity index (χ4n) is 4.57. The lowest BCUT2D eigenvalue weighted by Crippen LogP contribution is -2.54. The van der Waals surface area contributed by atoms with Gasteiger partial charge in [-0.2, -0.15) is 18.2 Å². The third-order valence-electron chi connectivity index (χ3n) is 6.41. The van der Waals surface area contributed by atoms with Gasteiger partial charge in [0.05, 0.1) is 19.3 Å². The Bertz CT molecular complexity index is 1070. The number of halogens is 3. The van der Waals surface area contributed by atoms with E-state index >= 15 is 0 Å². The minimum atomic E-state index is -4.58. The van der Waals surface area contributed by atoms with Gasteiger partial charge < -0.3 is 15.0 Å². The third kappa shape index (κ3) is 3.96. The number of hydrogen-bond acceptors (Lipinski definition) is 7. The van der Waals surface area contributed by atoms with E-state index < -0.39 is 30.1 Å². The van der Waals surface area contributed by atoms with Crippen molar-refractivity contribution >= 4 is 17.5 Å². The molecule has 4 atom stereocenters. The number of carbonyl (C=O) groups excluding carboxylic acids is 1. The molecule has 1 aliphatic carbocycles. The molecule has 0 bridgehead atoms. The zero-order valence-electron chi connectivity index (χ0n) is 17.1. The molecule has 0 spiro atoms. The summed E-state index contributed by atoms with van der Waals surface area (Å²) in [5.41, 5.74) is -0.219. The number of anilines is 2. The van der Waals surface area contributed by atoms with Crippen molar-refractivity contribution in [2.24, 2.45) is 11.8 Å². The maximum absolute atomic E-state index is 13.8. The van der Waals surface area contributed by atoms with Crippen LogP contribution in [0.5, 0.6) is 0 Å². The van der Waals surface area contributed by atoms with Crippen molar-refractivity contribution < 1.29 is 22.7 Å². The Morgan fingerprint density at radius 2 is 2.06 bits per heavy atom. The second-order valence-corrected chi connectivity index (χ2v) is 8.48. The van der Waals surface area contributed by atoms with E-state index in [0.717, 1.165) is 17.9 Å². The van der Waals surface area contributed by atoms with E-state index in [9.17, 15) is 22.8 Å². The maximum atomic E-state index is 13.8. The Kier molecular flexibility index (Phi) is 5.15. The van der Waals surface area contributed by atoms with Crippen molar-refractivity contribution in [3.05, 3.63) is 46.5 Å². The Hall–Kier alpha value is -2.95. The summed E-state index contributed by atoms with van der Waals surface area (Å²) >= 11 is 0. The number of ether oxygens (including phenoxy) is 1. The Labute approximate surface area is 181 Å². The van der Waals surface area contributed by atoms with Crippen LogP contribution in [0.1, 0.15) is 23.2 Å². The zero-order chi connectivity index (χ0) is 22.5. The predicted octanol–water partition coefficient (Wildman–Crippen LogP) is 2.11. The highest BCUT2D eigenvalue weighted by atomic mass is 19.4. The topological polar surface area (TPSA) is 89.4 Å². The van der Waals surface area contributed by atoms with Crippen LogP contribution in [0.4, 0.5) is 24.9 Å². The molecule has 8 nitrogen and oxygen atoms in total. The average molecular weight is 449 g/mol. The van der Waals surface area contributed by atoms with Crippen molar-refractivity contribution in [2.45, 2.75) is 37.7 Å². The standard InChI is InChI=1S/C21H22F3N5O3/c22-21(23,24)17-3-6-28-19(31)8-18(26-9-16-14-7-13(14)11-32-16)27-20(28)29(17)10-15(30)12-1-4-25-5-2-12/h1-2,4-5,8,13-14,16-17,26H,3,6-7,9-11H2/t13-,14?,16+,17-/m0/s1. The van der Waals surface area contributed by atoms with Crippen LogP contribution in [0.3, 0.4) is 0 Å². The van der Waals surface area contributed by atoms with Gasteiger partial charge in [-0.1, -0.05) is 0 Å². The molecule has 3 aliphatic rings. The first-order chi connectivity index (χ1) is 15.3. The largest absolute Gasteiger partial charge is 0.408 e. The van der Waals surface area contributed by atoms with Gasteiger partial charge in [0.15, 0.2) is 5.78 Å². The van der Waals surface area contributed by atoms with E-state index in [1.165, 1.54) is 35.2 Å². The summed E-state index contributed by atoms with van der Waals surface area (Å²) in [7, 11) is 0. The van der Waals surface area contributed by atoms with Gasteiger partial charge in [0.2, 0.25) is 5.95 Å². The molecule has 0 amide bonds. The van der Waals surface area contributed by atoms with Gasteiger partial charge in [-0.25, -0.2) is 0 Å². The second-order valence-electron chi connectivity index (χ2n) is 8.48. The van der Waals surface area contributed by atoms with E-state index in [4.69, 9.17) is 4.74 Å². The molecular weight excluding hydrogens is 427 g/mol. The lowest BCUT2D eigenvalue weighted by Gasteiger charge is -2.38. The van der Waals surface area contributed by atoms with Crippen molar-refractivity contribution in [3.63, 3.8) is 0 Å². The molecule has 11 heteroatoms. The van der Waals surface area contributed by atoms with E-state index in [2.05, 4.69) is 15.3 Å². The molecule has 5 rings (SSSR count). The molecule has 1 unspecified atom stereocenters. The van der Waals surface area contributed by atoms with Gasteiger partial charge in [-0.15, -0.1) is 0 Å². The number of ketones is 1. The third-order valence-corrected chi connectivity index (χ3v) is 6.41. The summed E-state index contributed by atoms with van der Waals surface area (Å²) in [5, 5.41) is 3.04. The van der Waals surface area contributed by atoms with Crippen LogP contribution in [0.25, 0.3) is 0 Å². The first-order valence-corrected chi connectivity index (χ1v) is 10.5. The van der Waals surface area contributed by atoms with Crippen LogP contribution in [0, 0.1) is 11.8 Å². The molecule has 1 saturated carbocycles. The summed E-state index contributed by atoms with van der Waals surface area (Å²) in [6, 6.07) is 2.25. The molecule has 32 heavy (non-hydrogen) atoms. The fraction of sp³-hybridized carbons (Fsp3) is 0.524. The fourth-order valence-corrected chi connectivity index (χ4v) is 4.57. The van der Waals surface area contributed by atoms with Gasteiger partial charge in [0, 0.05) is 37.1 Å². The number of pyridine rings is 1. The number of nitrogens with zero attached hydrogens (tertiary/aromatic N) is 4. The zero-order valence-corrected chi connectivity index (χ0v) is 17.1. The van der Waals surface area contributed by atoms with Gasteiger partial charge in [0.1, 0.15) is 11.9 Å². The van der Waals surface area contributed by atoms with Crippen LogP contribution in [0.15, 0.2) is 35.4 Å². The molecule has 0 aromatic carbocycles. The van der Waals surface area contributed by atoms with Gasteiger partial charge in [0.25, 0.3) is 5.56 Å². The highest BCUT2D eigenvalue weighted by molar-refractivity contribution is 5.99. The Morgan fingerprint density at radius 3 is 2.72 bits per heavy atom. The predicted molar refractivity (Wildman–Crippen MR) is 109 cm³/mol. The number of fused-ring (bicyclic) bond motifs is 2. The van der Waals surface area contributed by atoms with Crippen LogP contribution in [-0.4, -0.2) is 58.3 Å². The Balaban J connectivity index is 1.44. The van der Waals surface area contributed by atoms with Crippen molar-refractivity contribution in [1.29, 1.82) is 0 Å². The summed E-state index contributed by atoms with van der Waals surface area (Å²) in [6.45, 7) is 0.464. The van der Waals surface area contributed by atoms with Crippen molar-refractivity contribution in [1.82, 2.24) is 14.5 Å². The molecule has 2 fully saturated rings. The van der Waals surface area contributed by atoms with E-state index in [1.54, 1.807) is 0 Å². The van der Waals surface area contributed by atoms with Crippen molar-refractivity contribution in [2.75, 3.05) is 29.9 Å². The van der Waals surface area contributed by atoms with Crippen molar-refractivity contribution in [3.8, 4) is 0 Å². The molecular formula is C21H22F3N5O3. The summed E-state index contributed by atoms with van der Waals surface area (Å²) in [5.74, 6) is 0.587. The number of carbonyl (C=O) groups is 1. The number of hydrogen-bond donors (Lipinski definition) is 1. The molecule has 4 heterocycles. The molecule has 2 aromatic rings. The summed E-state index contributed by atoms with van der Waals surface area (Å²) in [6.07, 6.45) is -0.993. The number of rotatable bonds is 6. The monoisotopic (exact) mass is 449 g/mol. The summed E-state index contributed by atoms with van der Waals surface area (Å²) < 4.78 is 48.4. The highest BCUT2D eigenvalue weighted by Crippen LogP contribution is 2.47. The maximum Gasteiger partial charge on any atom is 0.408 e. The number of aromatic nitrogens is 3. The van der Waals surface area contributed by atoms with Gasteiger partial charge in [-0.3, -0.25) is 19.1 Å². The van der Waals surface area contributed by atoms with Crippen LogP contribution < -0.4 is 15.8 Å². The average Bonchev–Trinajstić information content (AvgIpc) is 3.44. The molecule has 2 aromatic heterocycles. The Morgan fingerprint density at radius 1 is 1.28 bits per heavy atom. The van der Waals surface area contributed by atoms with Crippen LogP contribution in [-0.2, 0) is 11.3 Å². The first-order valence-electron chi connectivity index (χ1n) is 10.5. The minimum absolute atomic E-state index is 0.00730. The lowest BCUT2D eigenvalue weighted by molar-refractivity contribution is -0.152.